The summed E-state index contributed by atoms with van der Waals surface area (Å²) in [5.74, 6) is 0.340. The van der Waals surface area contributed by atoms with Gasteiger partial charge in [0.1, 0.15) is 4.64 Å². The molecule has 2 aromatic rings. The Labute approximate surface area is 106 Å². The van der Waals surface area contributed by atoms with Crippen LogP contribution in [0.25, 0.3) is 5.82 Å². The Morgan fingerprint density at radius 3 is 2.56 bits per heavy atom. The van der Waals surface area contributed by atoms with Crippen LogP contribution in [0.1, 0.15) is 18.2 Å². The summed E-state index contributed by atoms with van der Waals surface area (Å²) < 4.78 is 39.1. The van der Waals surface area contributed by atoms with E-state index in [2.05, 4.69) is 10.1 Å². The highest BCUT2D eigenvalue weighted by Crippen LogP contribution is 2.28. The van der Waals surface area contributed by atoms with Crippen LogP contribution in [0.2, 0.25) is 0 Å². The van der Waals surface area contributed by atoms with E-state index >= 15 is 0 Å². The molecule has 0 atom stereocenters. The minimum atomic E-state index is -4.38. The summed E-state index contributed by atoms with van der Waals surface area (Å²) in [5.41, 5.74) is 0.127. The second-order valence-corrected chi connectivity index (χ2v) is 4.13. The van der Waals surface area contributed by atoms with E-state index in [1.54, 1.807) is 6.07 Å². The van der Waals surface area contributed by atoms with Gasteiger partial charge >= 0.3 is 6.18 Å². The first-order chi connectivity index (χ1) is 8.41. The minimum Gasteiger partial charge on any atom is -0.296 e. The van der Waals surface area contributed by atoms with Crippen LogP contribution in [-0.4, -0.2) is 14.8 Å². The van der Waals surface area contributed by atoms with Crippen LogP contribution in [0.3, 0.4) is 0 Å². The molecule has 0 saturated carbocycles. The van der Waals surface area contributed by atoms with Gasteiger partial charge in [-0.05, 0) is 24.6 Å². The van der Waals surface area contributed by atoms with Crippen molar-refractivity contribution in [3.8, 4) is 5.82 Å². The first-order valence-electron chi connectivity index (χ1n) is 5.26. The molecule has 96 valence electrons. The second kappa shape index (κ2) is 4.56. The lowest BCUT2D eigenvalue weighted by atomic mass is 10.3. The molecule has 2 aromatic heterocycles. The van der Waals surface area contributed by atoms with E-state index < -0.39 is 11.7 Å². The number of hydrogen-bond acceptors (Lipinski definition) is 2. The maximum Gasteiger partial charge on any atom is 0.417 e. The number of aryl methyl sites for hydroxylation is 1. The highest BCUT2D eigenvalue weighted by Gasteiger charge is 2.30. The van der Waals surface area contributed by atoms with Crippen molar-refractivity contribution in [1.29, 1.82) is 0 Å². The van der Waals surface area contributed by atoms with Gasteiger partial charge in [0.2, 0.25) is 0 Å². The van der Waals surface area contributed by atoms with Crippen molar-refractivity contribution >= 4 is 12.2 Å². The Morgan fingerprint density at radius 2 is 2.11 bits per heavy atom. The van der Waals surface area contributed by atoms with Crippen molar-refractivity contribution in [2.45, 2.75) is 19.5 Å². The van der Waals surface area contributed by atoms with Gasteiger partial charge in [0.25, 0.3) is 0 Å². The number of hydrogen-bond donors (Lipinski definition) is 1. The summed E-state index contributed by atoms with van der Waals surface area (Å²) >= 11 is 5.10. The Bertz CT molecular complexity index is 595. The molecular formula is C11H10F3N3S. The van der Waals surface area contributed by atoms with Gasteiger partial charge in [-0.15, -0.1) is 0 Å². The van der Waals surface area contributed by atoms with E-state index in [9.17, 15) is 13.2 Å². The summed E-state index contributed by atoms with van der Waals surface area (Å²) in [4.78, 5) is 3.77. The Kier molecular flexibility index (Phi) is 3.25. The summed E-state index contributed by atoms with van der Waals surface area (Å²) in [6, 6.07) is 4.03. The monoisotopic (exact) mass is 273 g/mol. The predicted molar refractivity (Wildman–Crippen MR) is 63.1 cm³/mol. The van der Waals surface area contributed by atoms with Gasteiger partial charge in [-0.1, -0.05) is 19.1 Å². The third-order valence-electron chi connectivity index (χ3n) is 2.46. The van der Waals surface area contributed by atoms with E-state index in [1.807, 2.05) is 6.92 Å². The minimum absolute atomic E-state index is 0.340. The van der Waals surface area contributed by atoms with Crippen molar-refractivity contribution in [1.82, 2.24) is 14.8 Å². The van der Waals surface area contributed by atoms with Crippen LogP contribution < -0.4 is 0 Å². The van der Waals surface area contributed by atoms with E-state index in [4.69, 9.17) is 12.2 Å². The van der Waals surface area contributed by atoms with Gasteiger partial charge in [0, 0.05) is 11.9 Å². The van der Waals surface area contributed by atoms with Gasteiger partial charge < -0.3 is 0 Å². The molecule has 3 nitrogen and oxygen atoms in total. The first kappa shape index (κ1) is 12.8. The zero-order chi connectivity index (χ0) is 13.3. The number of alkyl halides is 3. The number of aromatic nitrogens is 3. The molecular weight excluding hydrogens is 263 g/mol. The molecule has 0 amide bonds. The molecule has 7 heteroatoms. The van der Waals surface area contributed by atoms with Crippen molar-refractivity contribution in [2.24, 2.45) is 0 Å². The molecule has 0 aliphatic rings. The fraction of sp³-hybridized carbons (Fsp3) is 0.273. The average Bonchev–Trinajstić information content (AvgIpc) is 2.70. The van der Waals surface area contributed by atoms with Crippen molar-refractivity contribution in [2.75, 3.05) is 0 Å². The number of nitrogens with zero attached hydrogens (tertiary/aromatic N) is 2. The molecule has 0 unspecified atom stereocenters. The van der Waals surface area contributed by atoms with E-state index in [-0.39, 0.29) is 0 Å². The SMILES string of the molecule is CCc1cc(=S)n(-c2ccc(C(F)(F)F)cn2)[nH]1. The van der Waals surface area contributed by atoms with Crippen LogP contribution in [0.4, 0.5) is 13.2 Å². The quantitative estimate of drug-likeness (QED) is 0.849. The number of pyridine rings is 1. The number of rotatable bonds is 2. The molecule has 0 aliphatic heterocycles. The number of aromatic amines is 1. The Morgan fingerprint density at radius 1 is 1.39 bits per heavy atom. The molecule has 0 spiro atoms. The van der Waals surface area contributed by atoms with Gasteiger partial charge in [-0.2, -0.15) is 13.2 Å². The van der Waals surface area contributed by atoms with Gasteiger partial charge in [0.05, 0.1) is 5.56 Å². The molecule has 0 saturated heterocycles. The van der Waals surface area contributed by atoms with Crippen molar-refractivity contribution in [3.05, 3.63) is 40.3 Å². The van der Waals surface area contributed by atoms with Crippen LogP contribution in [0, 0.1) is 4.64 Å². The van der Waals surface area contributed by atoms with Crippen LogP contribution in [0.5, 0.6) is 0 Å². The smallest absolute Gasteiger partial charge is 0.296 e. The largest absolute Gasteiger partial charge is 0.417 e. The van der Waals surface area contributed by atoms with Crippen LogP contribution >= 0.6 is 12.2 Å². The summed E-state index contributed by atoms with van der Waals surface area (Å²) in [6.45, 7) is 1.95. The molecule has 2 heterocycles. The fourth-order valence-electron chi connectivity index (χ4n) is 1.48. The normalized spacial score (nSPS) is 11.8. The molecule has 1 N–H and O–H groups in total. The first-order valence-corrected chi connectivity index (χ1v) is 5.67. The Hall–Kier alpha value is -1.63. The second-order valence-electron chi connectivity index (χ2n) is 3.71. The van der Waals surface area contributed by atoms with Gasteiger partial charge in [-0.25, -0.2) is 9.67 Å². The molecule has 0 bridgehead atoms. The zero-order valence-corrected chi connectivity index (χ0v) is 10.3. The number of halogens is 3. The third kappa shape index (κ3) is 2.45. The van der Waals surface area contributed by atoms with Crippen molar-refractivity contribution < 1.29 is 13.2 Å². The van der Waals surface area contributed by atoms with E-state index in [0.29, 0.717) is 10.5 Å². The lowest BCUT2D eigenvalue weighted by Crippen LogP contribution is -2.07. The maximum atomic E-state index is 12.4. The lowest BCUT2D eigenvalue weighted by Gasteiger charge is -2.07. The fourth-order valence-corrected chi connectivity index (χ4v) is 1.76. The summed E-state index contributed by atoms with van der Waals surface area (Å²) in [5, 5.41) is 2.97. The standard InChI is InChI=1S/C11H10F3N3S/c1-2-8-5-10(18)17(16-8)9-4-3-7(6-15-9)11(12,13)14/h3-6,16H,2H2,1H3. The Balaban J connectivity index is 2.40. The highest BCUT2D eigenvalue weighted by molar-refractivity contribution is 7.71. The maximum absolute atomic E-state index is 12.4. The molecule has 0 aromatic carbocycles. The van der Waals surface area contributed by atoms with Crippen LogP contribution in [-0.2, 0) is 12.6 Å². The van der Waals surface area contributed by atoms with E-state index in [1.165, 1.54) is 10.7 Å². The number of nitrogens with one attached hydrogen (secondary N) is 1. The van der Waals surface area contributed by atoms with Crippen LogP contribution in [0.15, 0.2) is 24.4 Å². The van der Waals surface area contributed by atoms with Gasteiger partial charge in [-0.3, -0.25) is 5.10 Å². The lowest BCUT2D eigenvalue weighted by molar-refractivity contribution is -0.137. The molecule has 0 aliphatic carbocycles. The topological polar surface area (TPSA) is 33.6 Å². The van der Waals surface area contributed by atoms with Crippen molar-refractivity contribution in [3.63, 3.8) is 0 Å². The molecule has 18 heavy (non-hydrogen) atoms. The molecule has 2 rings (SSSR count). The average molecular weight is 273 g/mol. The highest BCUT2D eigenvalue weighted by atomic mass is 32.1. The molecule has 0 fully saturated rings. The van der Waals surface area contributed by atoms with E-state index in [0.717, 1.165) is 24.4 Å². The van der Waals surface area contributed by atoms with Gasteiger partial charge in [0.15, 0.2) is 5.82 Å². The zero-order valence-electron chi connectivity index (χ0n) is 9.45. The third-order valence-corrected chi connectivity index (χ3v) is 2.76. The number of H-pyrrole nitrogens is 1. The summed E-state index contributed by atoms with van der Waals surface area (Å²) in [6.07, 6.45) is -2.82. The summed E-state index contributed by atoms with van der Waals surface area (Å²) in [7, 11) is 0. The predicted octanol–water partition coefficient (Wildman–Crippen LogP) is 3.51. The molecule has 0 radical (unpaired) electrons.